The van der Waals surface area contributed by atoms with Crippen LogP contribution in [0.5, 0.6) is 11.5 Å². The molecule has 0 unspecified atom stereocenters. The molecule has 0 spiro atoms. The van der Waals surface area contributed by atoms with Crippen molar-refractivity contribution in [2.45, 2.75) is 0 Å². The Kier molecular flexibility index (Phi) is 2.32. The quantitative estimate of drug-likeness (QED) is 0.635. The van der Waals surface area contributed by atoms with Gasteiger partial charge in [0.25, 0.3) is 0 Å². The maximum Gasteiger partial charge on any atom is 0.194 e. The Morgan fingerprint density at radius 3 is 2.87 bits per heavy atom. The van der Waals surface area contributed by atoms with Gasteiger partial charge in [-0.15, -0.1) is 5.10 Å². The maximum absolute atomic E-state index is 9.42. The third kappa shape index (κ3) is 2.11. The molecule has 2 rings (SSSR count). The average Bonchev–Trinajstić information content (AvgIpc) is 2.69. The zero-order chi connectivity index (χ0) is 10.7. The van der Waals surface area contributed by atoms with E-state index >= 15 is 0 Å². The van der Waals surface area contributed by atoms with Crippen molar-refractivity contribution in [2.75, 3.05) is 0 Å². The first kappa shape index (κ1) is 9.20. The van der Waals surface area contributed by atoms with Crippen LogP contribution in [0.4, 0.5) is 5.82 Å². The summed E-state index contributed by atoms with van der Waals surface area (Å²) < 4.78 is 0. The monoisotopic (exact) mass is 204 g/mol. The van der Waals surface area contributed by atoms with Gasteiger partial charge < -0.3 is 10.2 Å². The molecule has 0 atom stereocenters. The lowest BCUT2D eigenvalue weighted by Gasteiger charge is -1.97. The van der Waals surface area contributed by atoms with E-state index in [9.17, 15) is 5.11 Å². The summed E-state index contributed by atoms with van der Waals surface area (Å²) in [6, 6.07) is 4.25. The molecule has 6 heteroatoms. The Hall–Kier alpha value is -2.37. The highest BCUT2D eigenvalue weighted by atomic mass is 16.3. The minimum Gasteiger partial charge on any atom is -0.508 e. The number of aromatic amines is 1. The molecule has 0 aliphatic heterocycles. The largest absolute Gasteiger partial charge is 0.508 e. The second kappa shape index (κ2) is 3.79. The van der Waals surface area contributed by atoms with E-state index in [-0.39, 0.29) is 11.5 Å². The lowest BCUT2D eigenvalue weighted by molar-refractivity contribution is 0.450. The van der Waals surface area contributed by atoms with Gasteiger partial charge in [0.1, 0.15) is 11.5 Å². The Labute approximate surface area is 84.9 Å². The molecule has 2 aromatic rings. The van der Waals surface area contributed by atoms with Gasteiger partial charge in [0.2, 0.25) is 0 Å². The Morgan fingerprint density at radius 1 is 1.33 bits per heavy atom. The predicted molar refractivity (Wildman–Crippen MR) is 53.4 cm³/mol. The van der Waals surface area contributed by atoms with E-state index in [0.717, 1.165) is 0 Å². The molecule has 1 aromatic heterocycles. The fraction of sp³-hybridized carbons (Fsp3) is 0. The number of phenols is 2. The van der Waals surface area contributed by atoms with Gasteiger partial charge in [-0.3, -0.25) is 0 Å². The summed E-state index contributed by atoms with van der Waals surface area (Å²) >= 11 is 0. The summed E-state index contributed by atoms with van der Waals surface area (Å²) in [4.78, 5) is 3.96. The molecule has 0 fully saturated rings. The average molecular weight is 204 g/mol. The number of rotatable bonds is 2. The summed E-state index contributed by atoms with van der Waals surface area (Å²) in [6.45, 7) is 0. The van der Waals surface area contributed by atoms with Crippen LogP contribution in [0.25, 0.3) is 0 Å². The lowest BCUT2D eigenvalue weighted by atomic mass is 10.2. The Morgan fingerprint density at radius 2 is 2.20 bits per heavy atom. The van der Waals surface area contributed by atoms with Gasteiger partial charge in [0.05, 0.1) is 6.20 Å². The number of nitrogens with one attached hydrogen (secondary N) is 1. The van der Waals surface area contributed by atoms with Crippen molar-refractivity contribution in [2.24, 2.45) is 4.99 Å². The molecule has 0 bridgehead atoms. The maximum atomic E-state index is 9.42. The van der Waals surface area contributed by atoms with Gasteiger partial charge in [-0.2, -0.15) is 10.3 Å². The second-order valence-electron chi connectivity index (χ2n) is 2.83. The molecule has 0 amide bonds. The zero-order valence-electron chi connectivity index (χ0n) is 7.62. The van der Waals surface area contributed by atoms with Crippen LogP contribution in [0.3, 0.4) is 0 Å². The van der Waals surface area contributed by atoms with Gasteiger partial charge in [0.15, 0.2) is 5.82 Å². The van der Waals surface area contributed by atoms with Crippen molar-refractivity contribution in [3.63, 3.8) is 0 Å². The highest BCUT2D eigenvalue weighted by molar-refractivity contribution is 5.85. The van der Waals surface area contributed by atoms with Crippen LogP contribution in [-0.2, 0) is 0 Å². The first-order valence-corrected chi connectivity index (χ1v) is 4.17. The molecule has 6 nitrogen and oxygen atoms in total. The van der Waals surface area contributed by atoms with Crippen LogP contribution in [-0.4, -0.2) is 31.8 Å². The van der Waals surface area contributed by atoms with E-state index in [4.69, 9.17) is 5.11 Å². The van der Waals surface area contributed by atoms with Gasteiger partial charge in [-0.05, 0) is 12.1 Å². The van der Waals surface area contributed by atoms with E-state index in [0.29, 0.717) is 11.4 Å². The number of H-pyrrole nitrogens is 1. The van der Waals surface area contributed by atoms with Crippen molar-refractivity contribution in [3.8, 4) is 11.5 Å². The standard InChI is InChI=1S/C9H8N4O2/c14-7-2-1-6(8(15)3-7)4-10-9-5-11-13-12-9/h1-5,14-15H,(H,11,12,13). The first-order valence-electron chi connectivity index (χ1n) is 4.17. The van der Waals surface area contributed by atoms with Crippen LogP contribution >= 0.6 is 0 Å². The molecule has 1 aromatic carbocycles. The summed E-state index contributed by atoms with van der Waals surface area (Å²) in [5.74, 6) is 0.385. The molecular formula is C9H8N4O2. The van der Waals surface area contributed by atoms with Crippen molar-refractivity contribution in [3.05, 3.63) is 30.0 Å². The summed E-state index contributed by atoms with van der Waals surface area (Å²) in [5.41, 5.74) is 0.496. The number of aromatic nitrogens is 3. The first-order chi connectivity index (χ1) is 7.25. The Bertz CT molecular complexity index is 479. The van der Waals surface area contributed by atoms with Crippen LogP contribution in [0.2, 0.25) is 0 Å². The lowest BCUT2D eigenvalue weighted by Crippen LogP contribution is -1.81. The summed E-state index contributed by atoms with van der Waals surface area (Å²) in [5, 5.41) is 28.2. The minimum atomic E-state index is -0.0396. The molecule has 1 heterocycles. The highest BCUT2D eigenvalue weighted by Gasteiger charge is 1.99. The molecule has 3 N–H and O–H groups in total. The number of hydrogen-bond acceptors (Lipinski definition) is 5. The second-order valence-corrected chi connectivity index (χ2v) is 2.83. The fourth-order valence-electron chi connectivity index (χ4n) is 1.03. The molecule has 0 saturated heterocycles. The van der Waals surface area contributed by atoms with Crippen molar-refractivity contribution in [1.29, 1.82) is 0 Å². The third-order valence-corrected chi connectivity index (χ3v) is 1.75. The number of phenolic OH excluding ortho intramolecular Hbond substituents is 2. The smallest absolute Gasteiger partial charge is 0.194 e. The van der Waals surface area contributed by atoms with Gasteiger partial charge in [0, 0.05) is 17.8 Å². The molecule has 0 aliphatic carbocycles. The SMILES string of the molecule is Oc1ccc(C=Nc2cn[nH]n2)c(O)c1. The van der Waals surface area contributed by atoms with E-state index in [1.165, 1.54) is 24.5 Å². The number of aromatic hydroxyl groups is 2. The number of hydrogen-bond donors (Lipinski definition) is 3. The van der Waals surface area contributed by atoms with Crippen LogP contribution < -0.4 is 0 Å². The third-order valence-electron chi connectivity index (χ3n) is 1.75. The van der Waals surface area contributed by atoms with E-state index < -0.39 is 0 Å². The highest BCUT2D eigenvalue weighted by Crippen LogP contribution is 2.21. The van der Waals surface area contributed by atoms with E-state index in [1.54, 1.807) is 6.07 Å². The Balaban J connectivity index is 2.24. The van der Waals surface area contributed by atoms with E-state index in [2.05, 4.69) is 20.4 Å². The fourth-order valence-corrected chi connectivity index (χ4v) is 1.03. The van der Waals surface area contributed by atoms with Gasteiger partial charge in [-0.25, -0.2) is 4.99 Å². The van der Waals surface area contributed by atoms with Crippen molar-refractivity contribution >= 4 is 12.0 Å². The van der Waals surface area contributed by atoms with Crippen LogP contribution in [0.1, 0.15) is 5.56 Å². The van der Waals surface area contributed by atoms with Crippen LogP contribution in [0.15, 0.2) is 29.4 Å². The van der Waals surface area contributed by atoms with E-state index in [1.807, 2.05) is 0 Å². The minimum absolute atomic E-state index is 0.00564. The van der Waals surface area contributed by atoms with Gasteiger partial charge >= 0.3 is 0 Å². The summed E-state index contributed by atoms with van der Waals surface area (Å²) in [7, 11) is 0. The molecular weight excluding hydrogens is 196 g/mol. The molecule has 76 valence electrons. The van der Waals surface area contributed by atoms with Gasteiger partial charge in [-0.1, -0.05) is 0 Å². The summed E-state index contributed by atoms with van der Waals surface area (Å²) in [6.07, 6.45) is 2.89. The number of nitrogens with zero attached hydrogens (tertiary/aromatic N) is 3. The molecule has 0 aliphatic rings. The topological polar surface area (TPSA) is 94.4 Å². The van der Waals surface area contributed by atoms with Crippen molar-refractivity contribution in [1.82, 2.24) is 15.4 Å². The number of benzene rings is 1. The van der Waals surface area contributed by atoms with Crippen LogP contribution in [0, 0.1) is 0 Å². The zero-order valence-corrected chi connectivity index (χ0v) is 7.62. The molecule has 0 saturated carbocycles. The number of aliphatic imine (C=N–C) groups is 1. The van der Waals surface area contributed by atoms with Crippen molar-refractivity contribution < 1.29 is 10.2 Å². The molecule has 0 radical (unpaired) electrons. The normalized spacial score (nSPS) is 10.9. The predicted octanol–water partition coefficient (Wildman–Crippen LogP) is 0.966. The molecule has 15 heavy (non-hydrogen) atoms.